The Morgan fingerprint density at radius 2 is 2.05 bits per heavy atom. The van der Waals surface area contributed by atoms with E-state index in [0.29, 0.717) is 5.92 Å². The highest BCUT2D eigenvalue weighted by molar-refractivity contribution is 5.85. The van der Waals surface area contributed by atoms with Crippen molar-refractivity contribution in [2.75, 3.05) is 47.3 Å². The quantitative estimate of drug-likeness (QED) is 0.629. The molecule has 1 aliphatic rings. The van der Waals surface area contributed by atoms with E-state index >= 15 is 0 Å². The predicted octanol–water partition coefficient (Wildman–Crippen LogP) is 0.894. The molecule has 2 atom stereocenters. The molecular formula is C16H34N4O. The monoisotopic (exact) mass is 298 g/mol. The van der Waals surface area contributed by atoms with Gasteiger partial charge in [0.05, 0.1) is 0 Å². The molecule has 0 aromatic carbocycles. The maximum Gasteiger partial charge on any atom is 0.238 e. The summed E-state index contributed by atoms with van der Waals surface area (Å²) in [5.74, 6) is 0.200. The number of carbonyl (C=O) groups is 1. The predicted molar refractivity (Wildman–Crippen MR) is 88.2 cm³/mol. The van der Waals surface area contributed by atoms with E-state index in [-0.39, 0.29) is 5.91 Å². The van der Waals surface area contributed by atoms with Crippen LogP contribution in [0.4, 0.5) is 0 Å². The van der Waals surface area contributed by atoms with E-state index in [0.717, 1.165) is 51.9 Å². The van der Waals surface area contributed by atoms with Crippen LogP contribution in [0.2, 0.25) is 0 Å². The van der Waals surface area contributed by atoms with Crippen molar-refractivity contribution in [2.24, 2.45) is 11.7 Å². The average Bonchev–Trinajstić information content (AvgIpc) is 2.86. The lowest BCUT2D eigenvalue weighted by Crippen LogP contribution is -2.56. The number of amides is 1. The van der Waals surface area contributed by atoms with Gasteiger partial charge in [0.25, 0.3) is 0 Å². The van der Waals surface area contributed by atoms with Crippen molar-refractivity contribution in [1.29, 1.82) is 0 Å². The highest BCUT2D eigenvalue weighted by Crippen LogP contribution is 2.37. The summed E-state index contributed by atoms with van der Waals surface area (Å²) < 4.78 is 0. The van der Waals surface area contributed by atoms with E-state index in [1.165, 1.54) is 6.42 Å². The first-order valence-corrected chi connectivity index (χ1v) is 8.32. The van der Waals surface area contributed by atoms with Crippen LogP contribution in [0.15, 0.2) is 0 Å². The van der Waals surface area contributed by atoms with Crippen LogP contribution < -0.4 is 11.1 Å². The third kappa shape index (κ3) is 4.94. The van der Waals surface area contributed by atoms with Crippen molar-refractivity contribution in [2.45, 2.75) is 44.6 Å². The second-order valence-corrected chi connectivity index (χ2v) is 6.55. The molecule has 1 amide bonds. The van der Waals surface area contributed by atoms with Gasteiger partial charge >= 0.3 is 0 Å². The van der Waals surface area contributed by atoms with Crippen molar-refractivity contribution < 1.29 is 4.79 Å². The molecule has 3 N–H and O–H groups in total. The molecule has 0 aromatic rings. The van der Waals surface area contributed by atoms with Crippen LogP contribution in [0.25, 0.3) is 0 Å². The fourth-order valence-corrected chi connectivity index (χ4v) is 3.62. The van der Waals surface area contributed by atoms with E-state index in [4.69, 9.17) is 5.73 Å². The van der Waals surface area contributed by atoms with E-state index in [9.17, 15) is 4.79 Å². The lowest BCUT2D eigenvalue weighted by molar-refractivity contribution is -0.125. The molecule has 5 heteroatoms. The molecule has 0 saturated heterocycles. The average molecular weight is 298 g/mol. The smallest absolute Gasteiger partial charge is 0.238 e. The largest absolute Gasteiger partial charge is 0.368 e. The van der Waals surface area contributed by atoms with Gasteiger partial charge in [-0.2, -0.15) is 0 Å². The van der Waals surface area contributed by atoms with Crippen molar-refractivity contribution in [1.82, 2.24) is 15.1 Å². The molecule has 1 aliphatic carbocycles. The van der Waals surface area contributed by atoms with Gasteiger partial charge in [0.15, 0.2) is 0 Å². The molecule has 0 radical (unpaired) electrons. The molecule has 0 aliphatic heterocycles. The fourth-order valence-electron chi connectivity index (χ4n) is 3.62. The summed E-state index contributed by atoms with van der Waals surface area (Å²) in [4.78, 5) is 16.6. The lowest BCUT2D eigenvalue weighted by Gasteiger charge is -2.33. The lowest BCUT2D eigenvalue weighted by atomic mass is 9.84. The first-order valence-electron chi connectivity index (χ1n) is 8.32. The van der Waals surface area contributed by atoms with Crippen molar-refractivity contribution >= 4 is 5.91 Å². The van der Waals surface area contributed by atoms with Crippen LogP contribution in [0.5, 0.6) is 0 Å². The molecule has 0 bridgehead atoms. The van der Waals surface area contributed by atoms with Crippen LogP contribution in [0, 0.1) is 5.92 Å². The Balaban J connectivity index is 2.46. The summed E-state index contributed by atoms with van der Waals surface area (Å²) in [6.45, 7) is 6.60. The van der Waals surface area contributed by atoms with Crippen LogP contribution in [-0.2, 0) is 4.79 Å². The summed E-state index contributed by atoms with van der Waals surface area (Å²) >= 11 is 0. The Labute approximate surface area is 130 Å². The molecular weight excluding hydrogens is 264 g/mol. The van der Waals surface area contributed by atoms with E-state index < -0.39 is 5.54 Å². The Morgan fingerprint density at radius 1 is 1.33 bits per heavy atom. The number of hydrogen-bond donors (Lipinski definition) is 2. The highest BCUT2D eigenvalue weighted by atomic mass is 16.1. The Morgan fingerprint density at radius 3 is 2.57 bits per heavy atom. The molecule has 2 unspecified atom stereocenters. The molecule has 1 saturated carbocycles. The van der Waals surface area contributed by atoms with Gasteiger partial charge in [0, 0.05) is 0 Å². The molecule has 124 valence electrons. The van der Waals surface area contributed by atoms with Crippen molar-refractivity contribution in [3.8, 4) is 0 Å². The van der Waals surface area contributed by atoms with E-state index in [1.54, 1.807) is 0 Å². The third-order valence-corrected chi connectivity index (χ3v) is 5.03. The Kier molecular flexibility index (Phi) is 7.63. The minimum atomic E-state index is -0.469. The molecule has 1 rings (SSSR count). The van der Waals surface area contributed by atoms with Gasteiger partial charge in [-0.1, -0.05) is 13.3 Å². The Hall–Kier alpha value is -0.650. The molecule has 21 heavy (non-hydrogen) atoms. The van der Waals surface area contributed by atoms with Gasteiger partial charge in [-0.3, -0.25) is 4.79 Å². The number of rotatable bonds is 10. The topological polar surface area (TPSA) is 61.6 Å². The fraction of sp³-hybridized carbons (Fsp3) is 0.938. The summed E-state index contributed by atoms with van der Waals surface area (Å²) in [5, 5.41) is 3.23. The first kappa shape index (κ1) is 18.4. The van der Waals surface area contributed by atoms with Crippen LogP contribution in [0.1, 0.15) is 39.0 Å². The van der Waals surface area contributed by atoms with E-state index in [1.807, 2.05) is 7.05 Å². The minimum absolute atomic E-state index is 0.178. The Bertz CT molecular complexity index is 321. The van der Waals surface area contributed by atoms with Crippen molar-refractivity contribution in [3.63, 3.8) is 0 Å². The van der Waals surface area contributed by atoms with E-state index in [2.05, 4.69) is 36.1 Å². The minimum Gasteiger partial charge on any atom is -0.368 e. The van der Waals surface area contributed by atoms with Gasteiger partial charge in [-0.15, -0.1) is 0 Å². The molecule has 0 heterocycles. The van der Waals surface area contributed by atoms with Crippen LogP contribution in [0.3, 0.4) is 0 Å². The molecule has 5 nitrogen and oxygen atoms in total. The zero-order chi connectivity index (χ0) is 15.9. The number of nitrogens with two attached hydrogens (primary N) is 1. The number of likely N-dealkylation sites (N-methyl/N-ethyl adjacent to an activating group) is 1. The van der Waals surface area contributed by atoms with Gasteiger partial charge in [-0.05, 0) is 78.9 Å². The summed E-state index contributed by atoms with van der Waals surface area (Å²) in [7, 11) is 6.10. The molecule has 1 fully saturated rings. The van der Waals surface area contributed by atoms with Crippen LogP contribution in [-0.4, -0.2) is 68.6 Å². The summed E-state index contributed by atoms with van der Waals surface area (Å²) in [6, 6.07) is 0. The second-order valence-electron chi connectivity index (χ2n) is 6.55. The normalized spacial score (nSPS) is 25.9. The number of nitrogens with one attached hydrogen (secondary N) is 1. The molecule has 0 aromatic heterocycles. The maximum atomic E-state index is 11.9. The maximum absolute atomic E-state index is 11.9. The van der Waals surface area contributed by atoms with Gasteiger partial charge in [0.1, 0.15) is 5.54 Å². The number of hydrogen-bond acceptors (Lipinski definition) is 4. The number of primary amides is 1. The van der Waals surface area contributed by atoms with Crippen LogP contribution >= 0.6 is 0 Å². The zero-order valence-electron chi connectivity index (χ0n) is 14.3. The number of nitrogens with zero attached hydrogens (tertiary/aromatic N) is 2. The van der Waals surface area contributed by atoms with Gasteiger partial charge in [-0.25, -0.2) is 0 Å². The summed E-state index contributed by atoms with van der Waals surface area (Å²) in [5.41, 5.74) is 5.20. The zero-order valence-corrected chi connectivity index (χ0v) is 14.3. The summed E-state index contributed by atoms with van der Waals surface area (Å²) in [6.07, 6.45) is 5.34. The molecule has 0 spiro atoms. The second kappa shape index (κ2) is 8.71. The van der Waals surface area contributed by atoms with Gasteiger partial charge < -0.3 is 20.9 Å². The van der Waals surface area contributed by atoms with Gasteiger partial charge in [0.2, 0.25) is 5.91 Å². The first-order chi connectivity index (χ1) is 9.96. The number of carbonyl (C=O) groups excluding carboxylic acids is 1. The standard InChI is InChI=1S/C16H34N4O/c1-5-20(12-7-11-19(3)4)13-9-14-8-6-10-16(14,18-2)15(17)21/h14,18H,5-13H2,1-4H3,(H2,17,21). The highest BCUT2D eigenvalue weighted by Gasteiger charge is 2.46. The SMILES string of the molecule is CCN(CCCN(C)C)CCC1CCCC1(NC)C(N)=O. The third-order valence-electron chi connectivity index (χ3n) is 5.03. The van der Waals surface area contributed by atoms with Crippen molar-refractivity contribution in [3.05, 3.63) is 0 Å².